The summed E-state index contributed by atoms with van der Waals surface area (Å²) in [5.41, 5.74) is 5.57. The number of benzene rings is 3. The van der Waals surface area contributed by atoms with Crippen LogP contribution in [-0.4, -0.2) is 25.8 Å². The van der Waals surface area contributed by atoms with Gasteiger partial charge in [0.05, 0.1) is 0 Å². The molecule has 0 spiro atoms. The average Bonchev–Trinajstić information content (AvgIpc) is 3.14. The van der Waals surface area contributed by atoms with E-state index in [0.29, 0.717) is 11.3 Å². The second kappa shape index (κ2) is 12.1. The summed E-state index contributed by atoms with van der Waals surface area (Å²) in [4.78, 5) is 14.0. The van der Waals surface area contributed by atoms with Crippen molar-refractivity contribution in [2.45, 2.75) is 89.4 Å². The zero-order valence-corrected chi connectivity index (χ0v) is 27.0. The van der Waals surface area contributed by atoms with E-state index in [1.807, 2.05) is 13.8 Å². The zero-order chi connectivity index (χ0) is 29.2. The predicted molar refractivity (Wildman–Crippen MR) is 164 cm³/mol. The van der Waals surface area contributed by atoms with E-state index in [0.717, 1.165) is 19.3 Å². The second-order valence-corrected chi connectivity index (χ2v) is 16.2. The molecule has 0 amide bonds. The first-order valence-electron chi connectivity index (χ1n) is 14.0. The number of hydrogen-bond donors (Lipinski definition) is 0. The van der Waals surface area contributed by atoms with Crippen molar-refractivity contribution in [3.05, 3.63) is 99.1 Å². The van der Waals surface area contributed by atoms with E-state index in [2.05, 4.69) is 92.7 Å². The minimum absolute atomic E-state index is 0.0144. The molecule has 0 aromatic heterocycles. The number of rotatable bonds is 9. The van der Waals surface area contributed by atoms with Gasteiger partial charge in [0.2, 0.25) is 0 Å². The Labute approximate surface area is 248 Å². The Bertz CT molecular complexity index is 1380. The molecule has 40 heavy (non-hydrogen) atoms. The van der Waals surface area contributed by atoms with Gasteiger partial charge in [-0.3, -0.25) is 0 Å². The molecule has 4 rings (SSSR count). The fourth-order valence-corrected chi connectivity index (χ4v) is 12.1. The van der Waals surface area contributed by atoms with Crippen molar-refractivity contribution in [2.75, 3.05) is 4.90 Å². The number of nitrogens with zero attached hydrogens (tertiary/aromatic N) is 2. The topological polar surface area (TPSA) is 55.6 Å². The van der Waals surface area contributed by atoms with Gasteiger partial charge in [0, 0.05) is 0 Å². The molecule has 1 heterocycles. The summed E-state index contributed by atoms with van der Waals surface area (Å²) >= 11 is -2.36. The van der Waals surface area contributed by atoms with Crippen LogP contribution < -0.4 is 9.64 Å². The zero-order valence-electron chi connectivity index (χ0n) is 24.6. The van der Waals surface area contributed by atoms with Gasteiger partial charge in [-0.05, 0) is 0 Å². The van der Waals surface area contributed by atoms with Crippen molar-refractivity contribution in [3.63, 3.8) is 0 Å². The molecular formula is C33H41ClN2O3Ru-2. The van der Waals surface area contributed by atoms with Crippen LogP contribution in [0.3, 0.4) is 0 Å². The fraction of sp³-hybridized carbons (Fsp3) is 0.424. The Balaban J connectivity index is 2.00. The molecule has 2 atom stereocenters. The van der Waals surface area contributed by atoms with Crippen LogP contribution in [0.4, 0.5) is 11.4 Å². The summed E-state index contributed by atoms with van der Waals surface area (Å²) in [6.45, 7) is 15.4. The van der Waals surface area contributed by atoms with Crippen molar-refractivity contribution in [2.24, 2.45) is 0 Å². The molecule has 1 saturated heterocycles. The summed E-state index contributed by atoms with van der Waals surface area (Å²) < 4.78 is 8.23. The molecule has 1 aliphatic rings. The summed E-state index contributed by atoms with van der Waals surface area (Å²) in [6.07, 6.45) is 2.73. The number of hydrogen-bond acceptors (Lipinski definition) is 4. The van der Waals surface area contributed by atoms with Crippen LogP contribution in [0.5, 0.6) is 5.75 Å². The number of nitro benzene ring substituents is 1. The third-order valence-electron chi connectivity index (χ3n) is 7.78. The standard InChI is InChI=1S/C23H30N.C10H11NO3.ClH.Ru/c1-6-18-12-11-13-19(7-2)21(18)24-17-23(5,16-22(24,3)4)20-14-9-8-10-15-20;1-7(2)14-10-5-4-9(11(12)13)6-8(10)3;;/h8-15,17H,6-7,16H2,1-5H3;3-7H,1-2H3;1H;/q;;;-1/p-1. The van der Waals surface area contributed by atoms with Gasteiger partial charge in [0.25, 0.3) is 0 Å². The van der Waals surface area contributed by atoms with Gasteiger partial charge in [-0.15, -0.1) is 0 Å². The van der Waals surface area contributed by atoms with Crippen LogP contribution in [-0.2, 0) is 32.8 Å². The molecule has 0 saturated carbocycles. The van der Waals surface area contributed by atoms with Crippen molar-refractivity contribution < 1.29 is 24.2 Å². The third-order valence-corrected chi connectivity index (χ3v) is 12.6. The molecule has 0 bridgehead atoms. The van der Waals surface area contributed by atoms with Gasteiger partial charge in [0.1, 0.15) is 0 Å². The molecule has 1 aliphatic heterocycles. The number of para-hydroxylation sites is 1. The Morgan fingerprint density at radius 3 is 2.23 bits per heavy atom. The molecule has 0 radical (unpaired) electrons. The van der Waals surface area contributed by atoms with Crippen molar-refractivity contribution in [3.8, 4) is 5.75 Å². The molecule has 0 N–H and O–H groups in total. The first-order valence-corrected chi connectivity index (χ1v) is 18.2. The molecule has 1 fully saturated rings. The molecule has 5 nitrogen and oxygen atoms in total. The van der Waals surface area contributed by atoms with Crippen molar-refractivity contribution in [1.29, 1.82) is 0 Å². The monoisotopic (exact) mass is 650 g/mol. The average molecular weight is 650 g/mol. The number of aryl methyl sites for hydroxylation is 2. The summed E-state index contributed by atoms with van der Waals surface area (Å²) in [5.74, 6) is 0.633. The number of ether oxygens (including phenoxy) is 1. The number of halogens is 1. The van der Waals surface area contributed by atoms with E-state index in [9.17, 15) is 10.1 Å². The first-order chi connectivity index (χ1) is 18.9. The van der Waals surface area contributed by atoms with Crippen molar-refractivity contribution in [1.82, 2.24) is 0 Å². The molecule has 3 aromatic carbocycles. The van der Waals surface area contributed by atoms with Gasteiger partial charge in [-0.1, -0.05) is 0 Å². The first kappa shape index (κ1) is 30.4. The second-order valence-electron chi connectivity index (χ2n) is 11.6. The predicted octanol–water partition coefficient (Wildman–Crippen LogP) is 8.40. The normalized spacial score (nSPS) is 21.6. The van der Waals surface area contributed by atoms with Gasteiger partial charge in [-0.25, -0.2) is 0 Å². The maximum absolute atomic E-state index is 11.7. The van der Waals surface area contributed by atoms with Gasteiger partial charge >= 0.3 is 249 Å². The van der Waals surface area contributed by atoms with Gasteiger partial charge < -0.3 is 0 Å². The van der Waals surface area contributed by atoms with Gasteiger partial charge in [0.15, 0.2) is 0 Å². The van der Waals surface area contributed by atoms with E-state index < -0.39 is 14.5 Å². The van der Waals surface area contributed by atoms with Crippen molar-refractivity contribution >= 4 is 25.7 Å². The summed E-state index contributed by atoms with van der Waals surface area (Å²) in [6, 6.07) is 22.2. The van der Waals surface area contributed by atoms with E-state index in [4.69, 9.17) is 14.4 Å². The molecule has 7 heteroatoms. The van der Waals surface area contributed by atoms with Crippen LogP contribution in [0, 0.1) is 10.1 Å². The van der Waals surface area contributed by atoms with E-state index in [1.54, 1.807) is 12.1 Å². The maximum atomic E-state index is 11.7. The van der Waals surface area contributed by atoms with Crippen LogP contribution in [0.15, 0.2) is 66.7 Å². The molecule has 0 aliphatic carbocycles. The fourth-order valence-electron chi connectivity index (χ4n) is 6.19. The van der Waals surface area contributed by atoms with Crippen LogP contribution in [0.2, 0.25) is 0 Å². The Morgan fingerprint density at radius 2 is 1.68 bits per heavy atom. The quantitative estimate of drug-likeness (QED) is 0.133. The third kappa shape index (κ3) is 5.90. The van der Waals surface area contributed by atoms with E-state index >= 15 is 0 Å². The summed E-state index contributed by atoms with van der Waals surface area (Å²) in [7, 11) is 7.68. The molecule has 218 valence electrons. The molecule has 2 unspecified atom stereocenters. The number of non-ortho nitro benzene ring substituents is 1. The van der Waals surface area contributed by atoms with Crippen LogP contribution >= 0.6 is 9.69 Å². The summed E-state index contributed by atoms with van der Waals surface area (Å²) in [5, 5.41) is 11.7. The SMILES string of the molecule is CCc1cccc(CC)c1N1[CH]([Ru-2]([Cl])=[CH]c2cc([N+](=O)[O-])ccc2OC(C)C)C(C)(c2ccccc2)CC1(C)C. The molecule has 3 aromatic rings. The van der Waals surface area contributed by atoms with Gasteiger partial charge in [-0.2, -0.15) is 0 Å². The minimum atomic E-state index is -2.36. The molecular weight excluding hydrogens is 609 g/mol. The number of anilines is 1. The Hall–Kier alpha value is -2.56. The van der Waals surface area contributed by atoms with E-state index in [1.165, 1.54) is 28.4 Å². The Morgan fingerprint density at radius 1 is 1.05 bits per heavy atom. The Kier molecular flexibility index (Phi) is 9.22. The van der Waals surface area contributed by atoms with Crippen LogP contribution in [0.25, 0.3) is 0 Å². The number of nitro groups is 1. The van der Waals surface area contributed by atoms with Crippen LogP contribution in [0.1, 0.15) is 77.1 Å². The van der Waals surface area contributed by atoms with E-state index in [-0.39, 0.29) is 32.3 Å².